The summed E-state index contributed by atoms with van der Waals surface area (Å²) >= 11 is 0. The highest BCUT2D eigenvalue weighted by Crippen LogP contribution is 2.32. The van der Waals surface area contributed by atoms with Gasteiger partial charge in [0.05, 0.1) is 6.04 Å². The third-order valence-corrected chi connectivity index (χ3v) is 3.60. The molecule has 2 atom stereocenters. The molecule has 1 aliphatic carbocycles. The van der Waals surface area contributed by atoms with Crippen LogP contribution in [0.2, 0.25) is 0 Å². The van der Waals surface area contributed by atoms with E-state index in [0.717, 1.165) is 10.1 Å². The van der Waals surface area contributed by atoms with E-state index in [4.69, 9.17) is 0 Å². The molecule has 1 aliphatic rings. The van der Waals surface area contributed by atoms with E-state index >= 15 is 0 Å². The van der Waals surface area contributed by atoms with E-state index in [-0.39, 0.29) is 17.6 Å². The molecule has 1 aromatic carbocycles. The Hall–Kier alpha value is -2.56. The Kier molecular flexibility index (Phi) is 3.02. The van der Waals surface area contributed by atoms with E-state index < -0.39 is 5.69 Å². The summed E-state index contributed by atoms with van der Waals surface area (Å²) in [6.45, 7) is 0. The Morgan fingerprint density at radius 3 is 2.40 bits per heavy atom. The second kappa shape index (κ2) is 4.85. The van der Waals surface area contributed by atoms with Crippen LogP contribution in [0.5, 0.6) is 0 Å². The second-order valence-corrected chi connectivity index (χ2v) is 4.83. The molecule has 2 aromatic rings. The second-order valence-electron chi connectivity index (χ2n) is 4.83. The molecule has 3 rings (SSSR count). The van der Waals surface area contributed by atoms with E-state index in [2.05, 4.69) is 5.10 Å². The van der Waals surface area contributed by atoms with Gasteiger partial charge in [0.25, 0.3) is 0 Å². The van der Waals surface area contributed by atoms with Crippen LogP contribution in [0.25, 0.3) is 0 Å². The maximum absolute atomic E-state index is 12.1. The van der Waals surface area contributed by atoms with Gasteiger partial charge < -0.3 is 0 Å². The van der Waals surface area contributed by atoms with Gasteiger partial charge in [0.15, 0.2) is 0 Å². The van der Waals surface area contributed by atoms with Gasteiger partial charge >= 0.3 is 11.4 Å². The van der Waals surface area contributed by atoms with Crippen molar-refractivity contribution in [2.24, 2.45) is 7.05 Å². The van der Waals surface area contributed by atoms with Gasteiger partial charge in [0.2, 0.25) is 0 Å². The largest absolute Gasteiger partial charge is 0.347 e. The zero-order valence-electron chi connectivity index (χ0n) is 11.1. The SMILES string of the molecule is Cn1c(=O)[nH]n([C@H]2C=CC=C[C@@H]2c2ccccc2)c1=O. The van der Waals surface area contributed by atoms with Gasteiger partial charge in [-0.25, -0.2) is 23.9 Å². The van der Waals surface area contributed by atoms with Crippen LogP contribution in [0.3, 0.4) is 0 Å². The molecule has 0 bridgehead atoms. The lowest BCUT2D eigenvalue weighted by Gasteiger charge is -2.24. The van der Waals surface area contributed by atoms with Crippen LogP contribution in [0, 0.1) is 0 Å². The first-order chi connectivity index (χ1) is 9.68. The van der Waals surface area contributed by atoms with Crippen LogP contribution in [-0.4, -0.2) is 14.3 Å². The van der Waals surface area contributed by atoms with Gasteiger partial charge in [0, 0.05) is 13.0 Å². The maximum Gasteiger partial charge on any atom is 0.347 e. The van der Waals surface area contributed by atoms with Gasteiger partial charge in [-0.1, -0.05) is 54.6 Å². The highest BCUT2D eigenvalue weighted by atomic mass is 16.2. The number of aromatic nitrogens is 3. The topological polar surface area (TPSA) is 59.8 Å². The van der Waals surface area contributed by atoms with Gasteiger partial charge in [-0.3, -0.25) is 0 Å². The predicted molar refractivity (Wildman–Crippen MR) is 76.8 cm³/mol. The number of allylic oxidation sites excluding steroid dienone is 4. The number of hydrogen-bond acceptors (Lipinski definition) is 2. The summed E-state index contributed by atoms with van der Waals surface area (Å²) in [6, 6.07) is 9.71. The fourth-order valence-electron chi connectivity index (χ4n) is 2.50. The molecule has 0 fully saturated rings. The zero-order valence-corrected chi connectivity index (χ0v) is 11.1. The molecule has 1 heterocycles. The van der Waals surface area contributed by atoms with Crippen molar-refractivity contribution in [1.29, 1.82) is 0 Å². The molecule has 5 nitrogen and oxygen atoms in total. The highest BCUT2D eigenvalue weighted by molar-refractivity contribution is 5.31. The Bertz CT molecular complexity index is 777. The third kappa shape index (κ3) is 1.97. The van der Waals surface area contributed by atoms with Crippen molar-refractivity contribution in [2.45, 2.75) is 12.0 Å². The van der Waals surface area contributed by atoms with Crippen molar-refractivity contribution in [3.63, 3.8) is 0 Å². The van der Waals surface area contributed by atoms with Crippen LogP contribution in [0.4, 0.5) is 0 Å². The Labute approximate surface area is 115 Å². The van der Waals surface area contributed by atoms with Crippen LogP contribution in [0.1, 0.15) is 17.5 Å². The molecule has 1 N–H and O–H groups in total. The summed E-state index contributed by atoms with van der Waals surface area (Å²) < 4.78 is 2.47. The average Bonchev–Trinajstić information content (AvgIpc) is 2.76. The number of nitrogens with zero attached hydrogens (tertiary/aromatic N) is 2. The maximum atomic E-state index is 12.1. The van der Waals surface area contributed by atoms with Gasteiger partial charge in [-0.2, -0.15) is 0 Å². The minimum atomic E-state index is -0.398. The van der Waals surface area contributed by atoms with Gasteiger partial charge in [-0.05, 0) is 5.56 Å². The van der Waals surface area contributed by atoms with Crippen molar-refractivity contribution in [2.75, 3.05) is 0 Å². The average molecular weight is 269 g/mol. The first-order valence-electron chi connectivity index (χ1n) is 6.46. The molecule has 20 heavy (non-hydrogen) atoms. The number of H-pyrrole nitrogens is 1. The van der Waals surface area contributed by atoms with E-state index in [0.29, 0.717) is 0 Å². The molecule has 0 saturated carbocycles. The third-order valence-electron chi connectivity index (χ3n) is 3.60. The monoisotopic (exact) mass is 269 g/mol. The number of aromatic amines is 1. The molecular formula is C15H15N3O2. The molecule has 0 unspecified atom stereocenters. The molecule has 0 aliphatic heterocycles. The summed E-state index contributed by atoms with van der Waals surface area (Å²) in [5.74, 6) is 0.0250. The summed E-state index contributed by atoms with van der Waals surface area (Å²) in [5.41, 5.74) is 0.375. The van der Waals surface area contributed by atoms with Crippen LogP contribution >= 0.6 is 0 Å². The van der Waals surface area contributed by atoms with Crippen LogP contribution in [0.15, 0.2) is 64.2 Å². The molecular weight excluding hydrogens is 254 g/mol. The lowest BCUT2D eigenvalue weighted by molar-refractivity contribution is 0.472. The van der Waals surface area contributed by atoms with Crippen molar-refractivity contribution in [3.8, 4) is 0 Å². The number of hydrogen-bond donors (Lipinski definition) is 1. The van der Waals surface area contributed by atoms with Gasteiger partial charge in [0.1, 0.15) is 0 Å². The minimum absolute atomic E-state index is 0.0250. The number of benzene rings is 1. The summed E-state index contributed by atoms with van der Waals surface area (Å²) in [5, 5.41) is 2.61. The highest BCUT2D eigenvalue weighted by Gasteiger charge is 2.24. The molecule has 1 aromatic heterocycles. The van der Waals surface area contributed by atoms with E-state index in [1.807, 2.05) is 54.6 Å². The van der Waals surface area contributed by atoms with Crippen molar-refractivity contribution >= 4 is 0 Å². The lowest BCUT2D eigenvalue weighted by Crippen LogP contribution is -2.30. The Morgan fingerprint density at radius 2 is 1.75 bits per heavy atom. The quantitative estimate of drug-likeness (QED) is 0.894. The zero-order chi connectivity index (χ0) is 14.1. The fraction of sp³-hybridized carbons (Fsp3) is 0.200. The fourth-order valence-corrected chi connectivity index (χ4v) is 2.50. The van der Waals surface area contributed by atoms with Gasteiger partial charge in [-0.15, -0.1) is 0 Å². The van der Waals surface area contributed by atoms with E-state index in [9.17, 15) is 9.59 Å². The van der Waals surface area contributed by atoms with E-state index in [1.54, 1.807) is 0 Å². The number of rotatable bonds is 2. The standard InChI is InChI=1S/C15H15N3O2/c1-17-14(19)16-18(15(17)20)13-10-6-5-9-12(13)11-7-3-2-4-8-11/h2-10,12-13H,1H3,(H,16,19)/t12-,13+/m1/s1. The Balaban J connectivity index is 2.09. The summed E-state index contributed by atoms with van der Waals surface area (Å²) in [4.78, 5) is 23.7. The van der Waals surface area contributed by atoms with Crippen molar-refractivity contribution < 1.29 is 0 Å². The van der Waals surface area contributed by atoms with Crippen LogP contribution in [-0.2, 0) is 7.05 Å². The summed E-state index contributed by atoms with van der Waals surface area (Å²) in [6.07, 6.45) is 7.81. The van der Waals surface area contributed by atoms with Crippen LogP contribution < -0.4 is 11.4 Å². The first-order valence-corrected chi connectivity index (χ1v) is 6.46. The predicted octanol–water partition coefficient (Wildman–Crippen LogP) is 1.33. The smallest absolute Gasteiger partial charge is 0.246 e. The normalized spacial score (nSPS) is 21.2. The molecule has 0 spiro atoms. The lowest BCUT2D eigenvalue weighted by atomic mass is 9.88. The molecule has 102 valence electrons. The molecule has 5 heteroatoms. The number of nitrogens with one attached hydrogen (secondary N) is 1. The first kappa shape index (κ1) is 12.5. The minimum Gasteiger partial charge on any atom is -0.246 e. The summed E-state index contributed by atoms with van der Waals surface area (Å²) in [7, 11) is 1.47. The Morgan fingerprint density at radius 1 is 1.05 bits per heavy atom. The molecule has 0 saturated heterocycles. The molecule has 0 radical (unpaired) electrons. The van der Waals surface area contributed by atoms with Crippen molar-refractivity contribution in [3.05, 3.63) is 81.2 Å². The van der Waals surface area contributed by atoms with Crippen molar-refractivity contribution in [1.82, 2.24) is 14.3 Å². The van der Waals surface area contributed by atoms with E-state index in [1.165, 1.54) is 11.7 Å². The molecule has 0 amide bonds.